The van der Waals surface area contributed by atoms with Gasteiger partial charge in [0.25, 0.3) is 0 Å². The van der Waals surface area contributed by atoms with Crippen molar-refractivity contribution in [2.75, 3.05) is 33.3 Å². The van der Waals surface area contributed by atoms with Crippen molar-refractivity contribution in [3.8, 4) is 0 Å². The lowest BCUT2D eigenvalue weighted by atomic mass is 10.3. The zero-order valence-corrected chi connectivity index (χ0v) is 7.39. The molecule has 1 rings (SSSR count). The Hall–Kier alpha value is -1.03. The molecule has 12 heavy (non-hydrogen) atoms. The van der Waals surface area contributed by atoms with Gasteiger partial charge in [-0.2, -0.15) is 0 Å². The Balaban J connectivity index is 2.45. The van der Waals surface area contributed by atoms with Crippen LogP contribution in [0, 0.1) is 5.41 Å². The van der Waals surface area contributed by atoms with E-state index in [0.717, 1.165) is 26.2 Å². The van der Waals surface area contributed by atoms with Crippen LogP contribution in [0.25, 0.3) is 0 Å². The maximum atomic E-state index is 7.40. The molecule has 0 saturated carbocycles. The van der Waals surface area contributed by atoms with Crippen LogP contribution in [0.4, 0.5) is 0 Å². The van der Waals surface area contributed by atoms with Gasteiger partial charge < -0.3 is 15.0 Å². The Bertz CT molecular complexity index is 185. The van der Waals surface area contributed by atoms with E-state index in [9.17, 15) is 0 Å². The first kappa shape index (κ1) is 9.06. The van der Waals surface area contributed by atoms with E-state index in [4.69, 9.17) is 10.1 Å². The van der Waals surface area contributed by atoms with Crippen molar-refractivity contribution < 1.29 is 4.74 Å². The lowest BCUT2D eigenvalue weighted by Crippen LogP contribution is -2.44. The molecule has 0 spiro atoms. The molecule has 1 aliphatic heterocycles. The quantitative estimate of drug-likeness (QED) is 0.453. The van der Waals surface area contributed by atoms with E-state index < -0.39 is 0 Å². The van der Waals surface area contributed by atoms with Gasteiger partial charge in [-0.3, -0.25) is 5.41 Å². The van der Waals surface area contributed by atoms with Crippen molar-refractivity contribution in [3.05, 3.63) is 12.3 Å². The van der Waals surface area contributed by atoms with Gasteiger partial charge in [0.15, 0.2) is 0 Å². The topological polar surface area (TPSA) is 48.4 Å². The third-order valence-electron chi connectivity index (χ3n) is 1.96. The second kappa shape index (κ2) is 4.11. The summed E-state index contributed by atoms with van der Waals surface area (Å²) in [5, 5.41) is 10.6. The van der Waals surface area contributed by atoms with E-state index in [1.807, 2.05) is 0 Å². The van der Waals surface area contributed by atoms with Crippen molar-refractivity contribution >= 4 is 5.90 Å². The highest BCUT2D eigenvalue weighted by atomic mass is 16.5. The number of rotatable bonds is 2. The Morgan fingerprint density at radius 3 is 2.58 bits per heavy atom. The molecule has 4 heteroatoms. The van der Waals surface area contributed by atoms with Crippen LogP contribution in [-0.2, 0) is 4.74 Å². The molecule has 0 aromatic heterocycles. The fourth-order valence-electron chi connectivity index (χ4n) is 1.20. The second-order valence-corrected chi connectivity index (χ2v) is 2.72. The number of methoxy groups -OCH3 is 1. The third-order valence-corrected chi connectivity index (χ3v) is 1.96. The van der Waals surface area contributed by atoms with Gasteiger partial charge in [0, 0.05) is 26.2 Å². The first-order valence-corrected chi connectivity index (χ1v) is 4.03. The van der Waals surface area contributed by atoms with Gasteiger partial charge in [0.2, 0.25) is 5.90 Å². The molecule has 2 N–H and O–H groups in total. The number of piperazine rings is 1. The Labute approximate surface area is 72.7 Å². The Morgan fingerprint density at radius 2 is 2.08 bits per heavy atom. The van der Waals surface area contributed by atoms with Crippen molar-refractivity contribution in [1.82, 2.24) is 10.2 Å². The van der Waals surface area contributed by atoms with Gasteiger partial charge in [-0.05, 0) is 0 Å². The molecular weight excluding hydrogens is 154 g/mol. The van der Waals surface area contributed by atoms with Crippen molar-refractivity contribution in [1.29, 1.82) is 5.41 Å². The summed E-state index contributed by atoms with van der Waals surface area (Å²) >= 11 is 0. The Kier molecular flexibility index (Phi) is 3.10. The first-order chi connectivity index (χ1) is 5.75. The lowest BCUT2D eigenvalue weighted by molar-refractivity contribution is 0.294. The van der Waals surface area contributed by atoms with Crippen LogP contribution in [0.5, 0.6) is 0 Å². The van der Waals surface area contributed by atoms with Gasteiger partial charge >= 0.3 is 0 Å². The molecule has 0 bridgehead atoms. The minimum Gasteiger partial charge on any atom is -0.480 e. The summed E-state index contributed by atoms with van der Waals surface area (Å²) in [6, 6.07) is 0. The SMILES string of the molecule is C=C(C(=N)OC)N1CCNCC1. The largest absolute Gasteiger partial charge is 0.480 e. The number of ether oxygens (including phenoxy) is 1. The smallest absolute Gasteiger partial charge is 0.229 e. The molecule has 4 nitrogen and oxygen atoms in total. The van der Waals surface area contributed by atoms with Gasteiger partial charge in [-0.15, -0.1) is 0 Å². The molecule has 0 amide bonds. The molecule has 0 radical (unpaired) electrons. The molecule has 0 aliphatic carbocycles. The van der Waals surface area contributed by atoms with Crippen LogP contribution < -0.4 is 5.32 Å². The molecular formula is C8H15N3O. The second-order valence-electron chi connectivity index (χ2n) is 2.72. The summed E-state index contributed by atoms with van der Waals surface area (Å²) in [5.74, 6) is 0.164. The van der Waals surface area contributed by atoms with Gasteiger partial charge in [0.1, 0.15) is 0 Å². The van der Waals surface area contributed by atoms with Crippen LogP contribution in [0.2, 0.25) is 0 Å². The average molecular weight is 169 g/mol. The van der Waals surface area contributed by atoms with Gasteiger partial charge in [0.05, 0.1) is 12.8 Å². The third kappa shape index (κ3) is 1.98. The lowest BCUT2D eigenvalue weighted by Gasteiger charge is -2.30. The fraction of sp³-hybridized carbons (Fsp3) is 0.625. The molecule has 0 unspecified atom stereocenters. The normalized spacial score (nSPS) is 17.2. The van der Waals surface area contributed by atoms with E-state index in [0.29, 0.717) is 5.70 Å². The van der Waals surface area contributed by atoms with Crippen molar-refractivity contribution in [3.63, 3.8) is 0 Å². The monoisotopic (exact) mass is 169 g/mol. The fourth-order valence-corrected chi connectivity index (χ4v) is 1.20. The van der Waals surface area contributed by atoms with E-state index in [1.54, 1.807) is 0 Å². The maximum absolute atomic E-state index is 7.40. The summed E-state index contributed by atoms with van der Waals surface area (Å²) in [6.07, 6.45) is 0. The van der Waals surface area contributed by atoms with Crippen LogP contribution in [0.1, 0.15) is 0 Å². The van der Waals surface area contributed by atoms with E-state index in [-0.39, 0.29) is 5.90 Å². The molecule has 0 aromatic rings. The minimum absolute atomic E-state index is 0.164. The number of nitrogens with one attached hydrogen (secondary N) is 2. The highest BCUT2D eigenvalue weighted by molar-refractivity contribution is 5.89. The zero-order chi connectivity index (χ0) is 8.97. The average Bonchev–Trinajstić information content (AvgIpc) is 2.17. The number of hydrogen-bond donors (Lipinski definition) is 2. The standard InChI is InChI=1S/C8H15N3O/c1-7(8(9)12-2)11-5-3-10-4-6-11/h9-10H,1,3-6H2,2H3. The van der Waals surface area contributed by atoms with E-state index >= 15 is 0 Å². The predicted molar refractivity (Wildman–Crippen MR) is 48.3 cm³/mol. The maximum Gasteiger partial charge on any atom is 0.229 e. The summed E-state index contributed by atoms with van der Waals surface area (Å²) < 4.78 is 4.79. The van der Waals surface area contributed by atoms with E-state index in [1.165, 1.54) is 7.11 Å². The highest BCUT2D eigenvalue weighted by Crippen LogP contribution is 2.04. The molecule has 1 heterocycles. The van der Waals surface area contributed by atoms with Gasteiger partial charge in [-0.1, -0.05) is 6.58 Å². The van der Waals surface area contributed by atoms with Crippen molar-refractivity contribution in [2.24, 2.45) is 0 Å². The van der Waals surface area contributed by atoms with Crippen LogP contribution in [-0.4, -0.2) is 44.1 Å². The summed E-state index contributed by atoms with van der Waals surface area (Å²) in [6.45, 7) is 7.52. The molecule has 1 aliphatic rings. The molecule has 0 aromatic carbocycles. The highest BCUT2D eigenvalue weighted by Gasteiger charge is 2.14. The predicted octanol–water partition coefficient (Wildman–Crippen LogP) is 0.0290. The molecule has 0 atom stereocenters. The first-order valence-electron chi connectivity index (χ1n) is 4.03. The van der Waals surface area contributed by atoms with Crippen molar-refractivity contribution in [2.45, 2.75) is 0 Å². The van der Waals surface area contributed by atoms with Crippen LogP contribution in [0.15, 0.2) is 12.3 Å². The minimum atomic E-state index is 0.164. The Morgan fingerprint density at radius 1 is 1.50 bits per heavy atom. The zero-order valence-electron chi connectivity index (χ0n) is 7.39. The van der Waals surface area contributed by atoms with Crippen LogP contribution >= 0.6 is 0 Å². The van der Waals surface area contributed by atoms with Crippen LogP contribution in [0.3, 0.4) is 0 Å². The molecule has 1 fully saturated rings. The number of nitrogens with zero attached hydrogens (tertiary/aromatic N) is 1. The van der Waals surface area contributed by atoms with E-state index in [2.05, 4.69) is 16.8 Å². The number of hydrogen-bond acceptors (Lipinski definition) is 4. The molecule has 68 valence electrons. The molecule has 1 saturated heterocycles. The summed E-state index contributed by atoms with van der Waals surface area (Å²) in [4.78, 5) is 2.06. The summed E-state index contributed by atoms with van der Waals surface area (Å²) in [5.41, 5.74) is 0.680. The van der Waals surface area contributed by atoms with Gasteiger partial charge in [-0.25, -0.2) is 0 Å². The summed E-state index contributed by atoms with van der Waals surface area (Å²) in [7, 11) is 1.50.